The van der Waals surface area contributed by atoms with Gasteiger partial charge in [0.25, 0.3) is 10.0 Å². The van der Waals surface area contributed by atoms with Gasteiger partial charge in [-0.05, 0) is 49.2 Å². The van der Waals surface area contributed by atoms with Crippen LogP contribution in [0, 0.1) is 13.8 Å². The molecule has 0 spiro atoms. The van der Waals surface area contributed by atoms with Crippen LogP contribution in [0.5, 0.6) is 0 Å². The predicted molar refractivity (Wildman–Crippen MR) is 125 cm³/mol. The summed E-state index contributed by atoms with van der Waals surface area (Å²) in [5.74, 6) is -0.322. The number of carbonyl (C=O) groups is 1. The Morgan fingerprint density at radius 1 is 0.935 bits per heavy atom. The molecule has 0 aliphatic heterocycles. The molecule has 3 rings (SSSR count). The second-order valence-corrected chi connectivity index (χ2v) is 9.76. The molecule has 1 amide bonds. The molecule has 0 heterocycles. The molecule has 0 saturated carbocycles. The second-order valence-electron chi connectivity index (χ2n) is 7.49. The minimum absolute atomic E-state index is 0.112. The van der Waals surface area contributed by atoms with Crippen LogP contribution in [0.15, 0.2) is 77.7 Å². The number of likely N-dealkylation sites (N-methyl/N-ethyl adjacent to an activating group) is 1. The van der Waals surface area contributed by atoms with Crippen LogP contribution < -0.4 is 4.31 Å². The Morgan fingerprint density at radius 2 is 1.58 bits per heavy atom. The van der Waals surface area contributed by atoms with Crippen LogP contribution in [0.2, 0.25) is 5.02 Å². The van der Waals surface area contributed by atoms with Crippen LogP contribution in [0.25, 0.3) is 0 Å². The molecule has 0 bridgehead atoms. The summed E-state index contributed by atoms with van der Waals surface area (Å²) >= 11 is 6.26. The summed E-state index contributed by atoms with van der Waals surface area (Å²) in [6.07, 6.45) is 0. The third kappa shape index (κ3) is 5.46. The lowest BCUT2D eigenvalue weighted by Gasteiger charge is -2.27. The highest BCUT2D eigenvalue weighted by Crippen LogP contribution is 2.28. The summed E-state index contributed by atoms with van der Waals surface area (Å²) in [6.45, 7) is 3.88. The number of halogens is 1. The third-order valence-corrected chi connectivity index (χ3v) is 7.21. The topological polar surface area (TPSA) is 57.7 Å². The molecule has 5 nitrogen and oxygen atoms in total. The van der Waals surface area contributed by atoms with E-state index in [-0.39, 0.29) is 17.3 Å². The van der Waals surface area contributed by atoms with E-state index in [4.69, 9.17) is 11.6 Å². The zero-order valence-electron chi connectivity index (χ0n) is 17.7. The van der Waals surface area contributed by atoms with E-state index in [0.29, 0.717) is 17.3 Å². The maximum atomic E-state index is 13.4. The number of anilines is 1. The molecule has 0 saturated heterocycles. The average molecular weight is 457 g/mol. The van der Waals surface area contributed by atoms with Crippen molar-refractivity contribution in [3.05, 3.63) is 94.5 Å². The molecule has 7 heteroatoms. The first-order chi connectivity index (χ1) is 14.7. The number of hydrogen-bond acceptors (Lipinski definition) is 3. The first-order valence-electron chi connectivity index (χ1n) is 9.82. The van der Waals surface area contributed by atoms with Gasteiger partial charge in [0.2, 0.25) is 5.91 Å². The van der Waals surface area contributed by atoms with Crippen molar-refractivity contribution in [1.82, 2.24) is 4.90 Å². The molecule has 0 aliphatic carbocycles. The number of amides is 1. The van der Waals surface area contributed by atoms with E-state index in [0.717, 1.165) is 21.0 Å². The number of benzene rings is 3. The highest BCUT2D eigenvalue weighted by atomic mass is 35.5. The Balaban J connectivity index is 1.91. The fourth-order valence-electron chi connectivity index (χ4n) is 3.07. The van der Waals surface area contributed by atoms with E-state index in [1.807, 2.05) is 38.1 Å². The summed E-state index contributed by atoms with van der Waals surface area (Å²) < 4.78 is 27.9. The maximum Gasteiger partial charge on any atom is 0.264 e. The normalized spacial score (nSPS) is 11.2. The predicted octanol–water partition coefficient (Wildman–Crippen LogP) is 4.81. The number of hydrogen-bond donors (Lipinski definition) is 0. The minimum atomic E-state index is -3.96. The monoisotopic (exact) mass is 456 g/mol. The molecule has 0 unspecified atom stereocenters. The van der Waals surface area contributed by atoms with Gasteiger partial charge in [0.1, 0.15) is 6.54 Å². The van der Waals surface area contributed by atoms with Gasteiger partial charge in [0, 0.05) is 18.6 Å². The van der Waals surface area contributed by atoms with Crippen molar-refractivity contribution in [2.75, 3.05) is 17.9 Å². The van der Waals surface area contributed by atoms with Crippen molar-refractivity contribution < 1.29 is 13.2 Å². The van der Waals surface area contributed by atoms with Crippen molar-refractivity contribution in [2.45, 2.75) is 25.3 Å². The van der Waals surface area contributed by atoms with E-state index in [9.17, 15) is 13.2 Å². The van der Waals surface area contributed by atoms with Crippen LogP contribution in [0.3, 0.4) is 0 Å². The molecule has 3 aromatic rings. The molecule has 0 aliphatic rings. The molecular formula is C24H25ClN2O3S. The zero-order chi connectivity index (χ0) is 22.6. The Morgan fingerprint density at radius 3 is 2.19 bits per heavy atom. The minimum Gasteiger partial charge on any atom is -0.340 e. The molecule has 162 valence electrons. The Kier molecular flexibility index (Phi) is 7.03. The lowest BCUT2D eigenvalue weighted by molar-refractivity contribution is -0.128. The van der Waals surface area contributed by atoms with Gasteiger partial charge < -0.3 is 4.90 Å². The number of rotatable bonds is 7. The van der Waals surface area contributed by atoms with Gasteiger partial charge in [0.05, 0.1) is 10.6 Å². The van der Waals surface area contributed by atoms with Gasteiger partial charge >= 0.3 is 0 Å². The molecule has 0 N–H and O–H groups in total. The fourth-order valence-corrected chi connectivity index (χ4v) is 4.67. The summed E-state index contributed by atoms with van der Waals surface area (Å²) in [4.78, 5) is 14.6. The van der Waals surface area contributed by atoms with E-state index >= 15 is 0 Å². The van der Waals surface area contributed by atoms with Crippen molar-refractivity contribution in [3.63, 3.8) is 0 Å². The second kappa shape index (κ2) is 9.54. The SMILES string of the molecule is Cc1ccc(CN(C)C(=O)CN(c2ccc(C)c(Cl)c2)S(=O)(=O)c2ccccc2)cc1. The molecule has 31 heavy (non-hydrogen) atoms. The van der Waals surface area contributed by atoms with Gasteiger partial charge in [-0.15, -0.1) is 0 Å². The number of carbonyl (C=O) groups excluding carboxylic acids is 1. The lowest BCUT2D eigenvalue weighted by Crippen LogP contribution is -2.41. The third-order valence-electron chi connectivity index (χ3n) is 5.02. The van der Waals surface area contributed by atoms with Crippen molar-refractivity contribution in [1.29, 1.82) is 0 Å². The summed E-state index contributed by atoms with van der Waals surface area (Å²) in [5, 5.41) is 0.436. The fraction of sp³-hybridized carbons (Fsp3) is 0.208. The highest BCUT2D eigenvalue weighted by molar-refractivity contribution is 7.92. The molecule has 3 aromatic carbocycles. The first-order valence-corrected chi connectivity index (χ1v) is 11.6. The van der Waals surface area contributed by atoms with Gasteiger partial charge in [0.15, 0.2) is 0 Å². The first kappa shape index (κ1) is 22.8. The van der Waals surface area contributed by atoms with Crippen molar-refractivity contribution in [2.24, 2.45) is 0 Å². The number of sulfonamides is 1. The van der Waals surface area contributed by atoms with Crippen LogP contribution >= 0.6 is 11.6 Å². The lowest BCUT2D eigenvalue weighted by atomic mass is 10.1. The highest BCUT2D eigenvalue weighted by Gasteiger charge is 2.28. The smallest absolute Gasteiger partial charge is 0.264 e. The van der Waals surface area contributed by atoms with Crippen LogP contribution in [0.1, 0.15) is 16.7 Å². The summed E-state index contributed by atoms with van der Waals surface area (Å²) in [7, 11) is -2.30. The van der Waals surface area contributed by atoms with Crippen molar-refractivity contribution >= 4 is 33.2 Å². The molecule has 0 radical (unpaired) electrons. The van der Waals surface area contributed by atoms with Crippen LogP contribution in [-0.4, -0.2) is 32.8 Å². The molecule has 0 atom stereocenters. The zero-order valence-corrected chi connectivity index (χ0v) is 19.3. The van der Waals surface area contributed by atoms with Crippen LogP contribution in [0.4, 0.5) is 5.69 Å². The number of nitrogens with zero attached hydrogens (tertiary/aromatic N) is 2. The van der Waals surface area contributed by atoms with Gasteiger partial charge in [-0.25, -0.2) is 8.42 Å². The van der Waals surface area contributed by atoms with E-state index in [1.54, 1.807) is 43.4 Å². The van der Waals surface area contributed by atoms with Crippen molar-refractivity contribution in [3.8, 4) is 0 Å². The van der Waals surface area contributed by atoms with E-state index in [2.05, 4.69) is 0 Å². The summed E-state index contributed by atoms with van der Waals surface area (Å²) in [5.41, 5.74) is 3.27. The van der Waals surface area contributed by atoms with Gasteiger partial charge in [-0.1, -0.05) is 65.7 Å². The van der Waals surface area contributed by atoms with E-state index in [1.165, 1.54) is 17.0 Å². The van der Waals surface area contributed by atoms with Crippen LogP contribution in [-0.2, 0) is 21.4 Å². The standard InChI is InChI=1S/C24H25ClN2O3S/c1-18-9-12-20(13-10-18)16-26(3)24(28)17-27(21-14-11-19(2)23(25)15-21)31(29,30)22-7-5-4-6-8-22/h4-15H,16-17H2,1-3H3. The maximum absolute atomic E-state index is 13.4. The molecule has 0 aromatic heterocycles. The van der Waals surface area contributed by atoms with Gasteiger partial charge in [-0.2, -0.15) is 0 Å². The Bertz CT molecular complexity index is 1160. The summed E-state index contributed by atoms with van der Waals surface area (Å²) in [6, 6.07) is 20.9. The van der Waals surface area contributed by atoms with Gasteiger partial charge in [-0.3, -0.25) is 9.10 Å². The number of aryl methyl sites for hydroxylation is 2. The quantitative estimate of drug-likeness (QED) is 0.512. The molecular weight excluding hydrogens is 432 g/mol. The average Bonchev–Trinajstić information content (AvgIpc) is 2.76. The van der Waals surface area contributed by atoms with E-state index < -0.39 is 10.0 Å². The molecule has 0 fully saturated rings. The Hall–Kier alpha value is -2.83. The Labute approximate surface area is 188 Å². The largest absolute Gasteiger partial charge is 0.340 e.